The van der Waals surface area contributed by atoms with Gasteiger partial charge in [-0.3, -0.25) is 4.90 Å². The van der Waals surface area contributed by atoms with E-state index < -0.39 is 0 Å². The van der Waals surface area contributed by atoms with Gasteiger partial charge in [0.1, 0.15) is 5.82 Å². The molecule has 2 aliphatic heterocycles. The summed E-state index contributed by atoms with van der Waals surface area (Å²) < 4.78 is 24.8. The lowest BCUT2D eigenvalue weighted by atomic mass is 9.81. The van der Waals surface area contributed by atoms with Crippen LogP contribution in [0.5, 0.6) is 0 Å². The summed E-state index contributed by atoms with van der Waals surface area (Å²) in [4.78, 5) is 2.24. The number of likely N-dealkylation sites (tertiary alicyclic amines) is 1. The lowest BCUT2D eigenvalue weighted by Crippen LogP contribution is -2.64. The molecule has 0 aromatic heterocycles. The number of hydrogen-bond acceptors (Lipinski definition) is 3. The molecule has 1 aromatic rings. The van der Waals surface area contributed by atoms with Gasteiger partial charge in [0.2, 0.25) is 0 Å². The average Bonchev–Trinajstić information content (AvgIpc) is 2.76. The van der Waals surface area contributed by atoms with Crippen LogP contribution in [0.3, 0.4) is 0 Å². The molecule has 0 aliphatic carbocycles. The monoisotopic (exact) mass is 265 g/mol. The van der Waals surface area contributed by atoms with Crippen LogP contribution in [0.15, 0.2) is 24.3 Å². The molecule has 2 fully saturated rings. The highest BCUT2D eigenvalue weighted by Crippen LogP contribution is 2.40. The van der Waals surface area contributed by atoms with Crippen molar-refractivity contribution < 1.29 is 13.9 Å². The first-order valence-corrected chi connectivity index (χ1v) is 6.82. The number of ether oxygens (including phenoxy) is 2. The maximum Gasteiger partial charge on any atom is 0.127 e. The highest BCUT2D eigenvalue weighted by molar-refractivity contribution is 5.18. The first kappa shape index (κ1) is 13.0. The molecule has 0 N–H and O–H groups in total. The zero-order valence-electron chi connectivity index (χ0n) is 11.3. The molecule has 1 aromatic carbocycles. The van der Waals surface area contributed by atoms with Crippen LogP contribution in [0.1, 0.15) is 12.0 Å². The minimum Gasteiger partial charge on any atom is -0.384 e. The van der Waals surface area contributed by atoms with Crippen molar-refractivity contribution in [1.82, 2.24) is 4.90 Å². The SMILES string of the molecule is COC[C@H]1CCOC12CN(Cc1ccccc1F)C2. The molecule has 0 unspecified atom stereocenters. The fourth-order valence-corrected chi connectivity index (χ4v) is 3.26. The van der Waals surface area contributed by atoms with Gasteiger partial charge in [-0.2, -0.15) is 0 Å². The van der Waals surface area contributed by atoms with Crippen LogP contribution in [0.2, 0.25) is 0 Å². The van der Waals surface area contributed by atoms with Gasteiger partial charge >= 0.3 is 0 Å². The number of halogens is 1. The summed E-state index contributed by atoms with van der Waals surface area (Å²) in [5.74, 6) is 0.360. The van der Waals surface area contributed by atoms with Crippen LogP contribution in [0, 0.1) is 11.7 Å². The summed E-state index contributed by atoms with van der Waals surface area (Å²) >= 11 is 0. The van der Waals surface area contributed by atoms with E-state index in [1.165, 1.54) is 6.07 Å². The Bertz CT molecular complexity index is 446. The summed E-state index contributed by atoms with van der Waals surface area (Å²) in [6.45, 7) is 4.01. The van der Waals surface area contributed by atoms with Crippen molar-refractivity contribution in [1.29, 1.82) is 0 Å². The molecular weight excluding hydrogens is 245 g/mol. The maximum absolute atomic E-state index is 13.6. The molecule has 1 atom stereocenters. The number of rotatable bonds is 4. The van der Waals surface area contributed by atoms with Gasteiger partial charge in [-0.15, -0.1) is 0 Å². The van der Waals surface area contributed by atoms with Crippen LogP contribution in [0.4, 0.5) is 4.39 Å². The topological polar surface area (TPSA) is 21.7 Å². The average molecular weight is 265 g/mol. The quantitative estimate of drug-likeness (QED) is 0.832. The number of benzene rings is 1. The van der Waals surface area contributed by atoms with Gasteiger partial charge in [-0.1, -0.05) is 18.2 Å². The number of methoxy groups -OCH3 is 1. The molecule has 19 heavy (non-hydrogen) atoms. The van der Waals surface area contributed by atoms with Crippen LogP contribution < -0.4 is 0 Å². The third-order valence-electron chi connectivity index (χ3n) is 4.30. The Kier molecular flexibility index (Phi) is 3.56. The van der Waals surface area contributed by atoms with E-state index in [-0.39, 0.29) is 11.4 Å². The zero-order valence-corrected chi connectivity index (χ0v) is 11.3. The molecule has 0 amide bonds. The first-order chi connectivity index (χ1) is 9.23. The minimum absolute atomic E-state index is 0.0404. The van der Waals surface area contributed by atoms with Crippen LogP contribution in [-0.2, 0) is 16.0 Å². The van der Waals surface area contributed by atoms with Gasteiger partial charge in [0.05, 0.1) is 12.2 Å². The zero-order chi connectivity index (χ0) is 13.3. The van der Waals surface area contributed by atoms with E-state index in [1.54, 1.807) is 13.2 Å². The van der Waals surface area contributed by atoms with Crippen molar-refractivity contribution in [3.05, 3.63) is 35.6 Å². The summed E-state index contributed by atoms with van der Waals surface area (Å²) in [6, 6.07) is 6.98. The second-order valence-electron chi connectivity index (χ2n) is 5.59. The maximum atomic E-state index is 13.6. The van der Waals surface area contributed by atoms with E-state index in [0.29, 0.717) is 12.5 Å². The van der Waals surface area contributed by atoms with E-state index in [2.05, 4.69) is 4.90 Å². The van der Waals surface area contributed by atoms with E-state index in [4.69, 9.17) is 9.47 Å². The van der Waals surface area contributed by atoms with E-state index in [0.717, 1.165) is 38.3 Å². The van der Waals surface area contributed by atoms with Crippen molar-refractivity contribution in [2.45, 2.75) is 18.6 Å². The Morgan fingerprint density at radius 1 is 1.42 bits per heavy atom. The minimum atomic E-state index is -0.121. The second-order valence-corrected chi connectivity index (χ2v) is 5.59. The van der Waals surface area contributed by atoms with Crippen molar-refractivity contribution in [3.63, 3.8) is 0 Å². The smallest absolute Gasteiger partial charge is 0.127 e. The van der Waals surface area contributed by atoms with Gasteiger partial charge < -0.3 is 9.47 Å². The van der Waals surface area contributed by atoms with Crippen molar-refractivity contribution in [3.8, 4) is 0 Å². The van der Waals surface area contributed by atoms with Gasteiger partial charge in [0, 0.05) is 44.8 Å². The fraction of sp³-hybridized carbons (Fsp3) is 0.600. The van der Waals surface area contributed by atoms with Gasteiger partial charge in [0.25, 0.3) is 0 Å². The molecule has 104 valence electrons. The fourth-order valence-electron chi connectivity index (χ4n) is 3.26. The van der Waals surface area contributed by atoms with Crippen LogP contribution in [-0.4, -0.2) is 43.9 Å². The Morgan fingerprint density at radius 2 is 2.21 bits per heavy atom. The molecule has 0 bridgehead atoms. The molecule has 3 nitrogen and oxygen atoms in total. The highest BCUT2D eigenvalue weighted by atomic mass is 19.1. The van der Waals surface area contributed by atoms with Crippen molar-refractivity contribution >= 4 is 0 Å². The third-order valence-corrected chi connectivity index (χ3v) is 4.30. The van der Waals surface area contributed by atoms with E-state index >= 15 is 0 Å². The Balaban J connectivity index is 1.59. The first-order valence-electron chi connectivity index (χ1n) is 6.82. The van der Waals surface area contributed by atoms with Gasteiger partial charge in [-0.25, -0.2) is 4.39 Å². The Morgan fingerprint density at radius 3 is 2.95 bits per heavy atom. The van der Waals surface area contributed by atoms with Crippen molar-refractivity contribution in [2.75, 3.05) is 33.4 Å². The number of hydrogen-bond donors (Lipinski definition) is 0. The molecule has 1 spiro atoms. The summed E-state index contributed by atoms with van der Waals surface area (Å²) in [7, 11) is 1.74. The van der Waals surface area contributed by atoms with Crippen LogP contribution in [0.25, 0.3) is 0 Å². The van der Waals surface area contributed by atoms with Gasteiger partial charge in [0.15, 0.2) is 0 Å². The predicted octanol–water partition coefficient (Wildman–Crippen LogP) is 2.06. The van der Waals surface area contributed by atoms with E-state index in [9.17, 15) is 4.39 Å². The lowest BCUT2D eigenvalue weighted by molar-refractivity contribution is -0.144. The standard InChI is InChI=1S/C15H20FNO2/c1-18-9-13-6-7-19-15(13)10-17(11-15)8-12-4-2-3-5-14(12)16/h2-5,13H,6-11H2,1H3/t13-/m1/s1. The van der Waals surface area contributed by atoms with Crippen molar-refractivity contribution in [2.24, 2.45) is 5.92 Å². The molecular formula is C15H20FNO2. The third kappa shape index (κ3) is 2.40. The molecule has 2 heterocycles. The largest absolute Gasteiger partial charge is 0.384 e. The summed E-state index contributed by atoms with van der Waals surface area (Å²) in [5, 5.41) is 0. The lowest BCUT2D eigenvalue weighted by Gasteiger charge is -2.50. The van der Waals surface area contributed by atoms with Crippen LogP contribution >= 0.6 is 0 Å². The predicted molar refractivity (Wildman–Crippen MR) is 70.3 cm³/mol. The Labute approximate surface area is 113 Å². The second kappa shape index (κ2) is 5.19. The molecule has 0 saturated carbocycles. The highest BCUT2D eigenvalue weighted by Gasteiger charge is 2.52. The van der Waals surface area contributed by atoms with E-state index in [1.807, 2.05) is 12.1 Å². The molecule has 4 heteroatoms. The summed E-state index contributed by atoms with van der Waals surface area (Å²) in [5.41, 5.74) is 0.722. The molecule has 0 radical (unpaired) electrons. The number of nitrogens with zero attached hydrogens (tertiary/aromatic N) is 1. The normalized spacial score (nSPS) is 25.7. The van der Waals surface area contributed by atoms with Gasteiger partial charge in [-0.05, 0) is 12.5 Å². The molecule has 2 saturated heterocycles. The molecule has 3 rings (SSSR count). The summed E-state index contributed by atoms with van der Waals surface area (Å²) in [6.07, 6.45) is 1.07. The Hall–Kier alpha value is -0.970. The molecule has 2 aliphatic rings.